The van der Waals surface area contributed by atoms with E-state index in [1.165, 1.54) is 0 Å². The highest BCUT2D eigenvalue weighted by molar-refractivity contribution is 7.89. The van der Waals surface area contributed by atoms with E-state index in [4.69, 9.17) is 5.11 Å². The second kappa shape index (κ2) is 5.45. The molecule has 5 nitrogen and oxygen atoms in total. The number of rotatable bonds is 3. The third kappa shape index (κ3) is 2.66. The zero-order valence-corrected chi connectivity index (χ0v) is 11.2. The van der Waals surface area contributed by atoms with Gasteiger partial charge >= 0.3 is 5.97 Å². The maximum atomic E-state index is 13.6. The van der Waals surface area contributed by atoms with Crippen molar-refractivity contribution < 1.29 is 27.1 Å². The van der Waals surface area contributed by atoms with Crippen LogP contribution in [0.4, 0.5) is 8.78 Å². The van der Waals surface area contributed by atoms with Gasteiger partial charge < -0.3 is 5.11 Å². The normalized spacial score (nSPS) is 18.1. The van der Waals surface area contributed by atoms with Gasteiger partial charge in [0, 0.05) is 13.1 Å². The molecule has 1 aromatic carbocycles. The SMILES string of the molecule is O=C(O)C1CCN(S(=O)(=O)c2cccc(F)c2F)CC1. The molecule has 20 heavy (non-hydrogen) atoms. The van der Waals surface area contributed by atoms with Gasteiger partial charge in [0.25, 0.3) is 0 Å². The number of benzene rings is 1. The molecule has 0 radical (unpaired) electrons. The highest BCUT2D eigenvalue weighted by atomic mass is 32.2. The molecular formula is C12H13F2NO4S. The Bertz CT molecular complexity index is 624. The first-order chi connectivity index (χ1) is 9.34. The zero-order chi connectivity index (χ0) is 14.9. The number of hydrogen-bond donors (Lipinski definition) is 1. The first-order valence-corrected chi connectivity index (χ1v) is 7.45. The van der Waals surface area contributed by atoms with Crippen LogP contribution < -0.4 is 0 Å². The molecule has 1 fully saturated rings. The molecule has 1 aromatic rings. The summed E-state index contributed by atoms with van der Waals surface area (Å²) in [6.45, 7) is -0.0372. The second-order valence-electron chi connectivity index (χ2n) is 4.57. The second-order valence-corrected chi connectivity index (χ2v) is 6.47. The lowest BCUT2D eigenvalue weighted by Crippen LogP contribution is -2.40. The Kier molecular flexibility index (Phi) is 4.05. The number of piperidine rings is 1. The Morgan fingerprint density at radius 3 is 2.40 bits per heavy atom. The Labute approximate surface area is 114 Å². The molecule has 0 spiro atoms. The Hall–Kier alpha value is -1.54. The summed E-state index contributed by atoms with van der Waals surface area (Å²) >= 11 is 0. The zero-order valence-electron chi connectivity index (χ0n) is 10.4. The number of nitrogens with zero attached hydrogens (tertiary/aromatic N) is 1. The van der Waals surface area contributed by atoms with Crippen LogP contribution in [0, 0.1) is 17.6 Å². The van der Waals surface area contributed by atoms with Gasteiger partial charge in [-0.2, -0.15) is 4.31 Å². The van der Waals surface area contributed by atoms with E-state index in [0.717, 1.165) is 22.5 Å². The van der Waals surface area contributed by atoms with Crippen LogP contribution in [-0.2, 0) is 14.8 Å². The number of hydrogen-bond acceptors (Lipinski definition) is 3. The van der Waals surface area contributed by atoms with E-state index in [1.54, 1.807) is 0 Å². The first kappa shape index (κ1) is 14.9. The summed E-state index contributed by atoms with van der Waals surface area (Å²) in [5, 5.41) is 8.85. The third-order valence-corrected chi connectivity index (χ3v) is 5.25. The van der Waals surface area contributed by atoms with E-state index in [-0.39, 0.29) is 25.9 Å². The summed E-state index contributed by atoms with van der Waals surface area (Å²) in [7, 11) is -4.14. The summed E-state index contributed by atoms with van der Waals surface area (Å²) in [5.41, 5.74) is 0. The molecule has 0 amide bonds. The maximum Gasteiger partial charge on any atom is 0.306 e. The topological polar surface area (TPSA) is 74.7 Å². The number of carbonyl (C=O) groups is 1. The fourth-order valence-electron chi connectivity index (χ4n) is 2.17. The van der Waals surface area contributed by atoms with Crippen LogP contribution in [0.5, 0.6) is 0 Å². The van der Waals surface area contributed by atoms with Crippen LogP contribution in [0.2, 0.25) is 0 Å². The van der Waals surface area contributed by atoms with Crippen molar-refractivity contribution >= 4 is 16.0 Å². The Morgan fingerprint density at radius 1 is 1.25 bits per heavy atom. The summed E-state index contributed by atoms with van der Waals surface area (Å²) in [4.78, 5) is 10.1. The summed E-state index contributed by atoms with van der Waals surface area (Å²) in [6, 6.07) is 2.96. The van der Waals surface area contributed by atoms with Crippen LogP contribution in [0.1, 0.15) is 12.8 Å². The molecule has 1 aliphatic rings. The van der Waals surface area contributed by atoms with E-state index >= 15 is 0 Å². The van der Waals surface area contributed by atoms with Crippen LogP contribution in [0.15, 0.2) is 23.1 Å². The van der Waals surface area contributed by atoms with Crippen molar-refractivity contribution in [3.63, 3.8) is 0 Å². The lowest BCUT2D eigenvalue weighted by Gasteiger charge is -2.29. The van der Waals surface area contributed by atoms with Crippen LogP contribution in [-0.4, -0.2) is 36.9 Å². The van der Waals surface area contributed by atoms with Crippen molar-refractivity contribution in [1.82, 2.24) is 4.31 Å². The highest BCUT2D eigenvalue weighted by Gasteiger charge is 2.33. The van der Waals surface area contributed by atoms with Crippen molar-refractivity contribution in [3.8, 4) is 0 Å². The quantitative estimate of drug-likeness (QED) is 0.917. The van der Waals surface area contributed by atoms with Gasteiger partial charge in [-0.3, -0.25) is 4.79 Å². The Morgan fingerprint density at radius 2 is 1.85 bits per heavy atom. The molecule has 0 bridgehead atoms. The van der Waals surface area contributed by atoms with Gasteiger partial charge in [-0.15, -0.1) is 0 Å². The van der Waals surface area contributed by atoms with Crippen molar-refractivity contribution in [3.05, 3.63) is 29.8 Å². The molecule has 1 saturated heterocycles. The van der Waals surface area contributed by atoms with Gasteiger partial charge in [0.2, 0.25) is 10.0 Å². The number of carboxylic acids is 1. The average molecular weight is 305 g/mol. The minimum Gasteiger partial charge on any atom is -0.481 e. The van der Waals surface area contributed by atoms with E-state index < -0.39 is 38.4 Å². The van der Waals surface area contributed by atoms with E-state index in [0.29, 0.717) is 0 Å². The van der Waals surface area contributed by atoms with Gasteiger partial charge in [-0.05, 0) is 25.0 Å². The molecule has 1 aliphatic heterocycles. The minimum atomic E-state index is -4.14. The van der Waals surface area contributed by atoms with E-state index in [2.05, 4.69) is 0 Å². The molecule has 2 rings (SSSR count). The lowest BCUT2D eigenvalue weighted by molar-refractivity contribution is -0.142. The molecule has 0 aromatic heterocycles. The molecule has 0 unspecified atom stereocenters. The minimum absolute atomic E-state index is 0.0186. The lowest BCUT2D eigenvalue weighted by atomic mass is 9.99. The summed E-state index contributed by atoms with van der Waals surface area (Å²) < 4.78 is 52.1. The summed E-state index contributed by atoms with van der Waals surface area (Å²) in [5.74, 6) is -4.21. The summed E-state index contributed by atoms with van der Waals surface area (Å²) in [6.07, 6.45) is 0.316. The smallest absolute Gasteiger partial charge is 0.306 e. The molecule has 8 heteroatoms. The number of halogens is 2. The van der Waals surface area contributed by atoms with Gasteiger partial charge in [-0.1, -0.05) is 6.07 Å². The fourth-order valence-corrected chi connectivity index (χ4v) is 3.71. The monoisotopic (exact) mass is 305 g/mol. The van der Waals surface area contributed by atoms with Gasteiger partial charge in [0.15, 0.2) is 11.6 Å². The molecule has 0 atom stereocenters. The van der Waals surface area contributed by atoms with Crippen molar-refractivity contribution in [1.29, 1.82) is 0 Å². The molecule has 1 heterocycles. The van der Waals surface area contributed by atoms with Crippen LogP contribution >= 0.6 is 0 Å². The van der Waals surface area contributed by atoms with Crippen molar-refractivity contribution in [2.24, 2.45) is 5.92 Å². The van der Waals surface area contributed by atoms with E-state index in [1.807, 2.05) is 0 Å². The van der Waals surface area contributed by atoms with Crippen LogP contribution in [0.3, 0.4) is 0 Å². The Balaban J connectivity index is 2.24. The molecular weight excluding hydrogens is 292 g/mol. The van der Waals surface area contributed by atoms with Gasteiger partial charge in [-0.25, -0.2) is 17.2 Å². The molecule has 0 saturated carbocycles. The number of carboxylic acid groups (broad SMARTS) is 1. The predicted molar refractivity (Wildman–Crippen MR) is 65.5 cm³/mol. The van der Waals surface area contributed by atoms with E-state index in [9.17, 15) is 22.0 Å². The van der Waals surface area contributed by atoms with Gasteiger partial charge in [0.05, 0.1) is 5.92 Å². The molecule has 1 N–H and O–H groups in total. The first-order valence-electron chi connectivity index (χ1n) is 6.01. The number of aliphatic carboxylic acids is 1. The third-order valence-electron chi connectivity index (χ3n) is 3.34. The van der Waals surface area contributed by atoms with Crippen molar-refractivity contribution in [2.45, 2.75) is 17.7 Å². The van der Waals surface area contributed by atoms with Crippen LogP contribution in [0.25, 0.3) is 0 Å². The van der Waals surface area contributed by atoms with Gasteiger partial charge in [0.1, 0.15) is 4.90 Å². The maximum absolute atomic E-state index is 13.6. The fraction of sp³-hybridized carbons (Fsp3) is 0.417. The largest absolute Gasteiger partial charge is 0.481 e. The predicted octanol–water partition coefficient (Wildman–Crippen LogP) is 1.45. The molecule has 0 aliphatic carbocycles. The standard InChI is InChI=1S/C12H13F2NO4S/c13-9-2-1-3-10(11(9)14)20(18,19)15-6-4-8(5-7-15)12(16)17/h1-3,8H,4-7H2,(H,16,17). The van der Waals surface area contributed by atoms with Crippen molar-refractivity contribution in [2.75, 3.05) is 13.1 Å². The molecule has 110 valence electrons. The number of sulfonamides is 1. The highest BCUT2D eigenvalue weighted by Crippen LogP contribution is 2.26. The average Bonchev–Trinajstić information content (AvgIpc) is 2.41.